The van der Waals surface area contributed by atoms with Crippen molar-refractivity contribution in [3.8, 4) is 0 Å². The second kappa shape index (κ2) is 6.64. The summed E-state index contributed by atoms with van der Waals surface area (Å²) in [6.45, 7) is 2.09. The number of amides is 1. The third kappa shape index (κ3) is 2.84. The first-order valence-corrected chi connectivity index (χ1v) is 8.65. The van der Waals surface area contributed by atoms with Crippen molar-refractivity contribution in [2.24, 2.45) is 0 Å². The molecule has 0 saturated heterocycles. The number of hydrogen-bond acceptors (Lipinski definition) is 2. The highest BCUT2D eigenvalue weighted by molar-refractivity contribution is 6.12. The Hall–Kier alpha value is -3.14. The van der Waals surface area contributed by atoms with Gasteiger partial charge in [-0.05, 0) is 42.0 Å². The summed E-state index contributed by atoms with van der Waals surface area (Å²) in [6.07, 6.45) is -0.273. The number of nitrogens with one attached hydrogen (secondary N) is 1. The van der Waals surface area contributed by atoms with Gasteiger partial charge in [-0.2, -0.15) is 0 Å². The summed E-state index contributed by atoms with van der Waals surface area (Å²) >= 11 is 0. The van der Waals surface area contributed by atoms with Crippen LogP contribution < -0.4 is 10.2 Å². The van der Waals surface area contributed by atoms with Crippen LogP contribution in [0.25, 0.3) is 0 Å². The zero-order chi connectivity index (χ0) is 18.1. The quantitative estimate of drug-likeness (QED) is 0.721. The van der Waals surface area contributed by atoms with E-state index in [-0.39, 0.29) is 23.8 Å². The molecule has 0 radical (unpaired) electrons. The van der Waals surface area contributed by atoms with Crippen molar-refractivity contribution >= 4 is 17.3 Å². The van der Waals surface area contributed by atoms with Crippen LogP contribution in [-0.4, -0.2) is 12.1 Å². The SMILES string of the molecule is C[C@H](c1ccccc1)[C@H]1Nc2ccccc2C(=O)N1c1ccc(F)cc1. The number of fused-ring (bicyclic) bond motifs is 1. The van der Waals surface area contributed by atoms with E-state index >= 15 is 0 Å². The van der Waals surface area contributed by atoms with Gasteiger partial charge in [-0.3, -0.25) is 9.69 Å². The summed E-state index contributed by atoms with van der Waals surface area (Å²) in [6, 6.07) is 23.6. The third-order valence-electron chi connectivity index (χ3n) is 4.86. The maximum Gasteiger partial charge on any atom is 0.262 e. The smallest absolute Gasteiger partial charge is 0.262 e. The number of carbonyl (C=O) groups is 1. The molecule has 1 N–H and O–H groups in total. The number of rotatable bonds is 3. The zero-order valence-electron chi connectivity index (χ0n) is 14.4. The Labute approximate surface area is 152 Å². The number of halogens is 1. The molecule has 1 amide bonds. The molecule has 1 heterocycles. The molecule has 0 fully saturated rings. The second-order valence-electron chi connectivity index (χ2n) is 6.49. The van der Waals surface area contributed by atoms with Gasteiger partial charge in [0.25, 0.3) is 5.91 Å². The Balaban J connectivity index is 1.81. The molecule has 1 aliphatic rings. The molecule has 3 aromatic rings. The normalized spacial score (nSPS) is 17.4. The second-order valence-corrected chi connectivity index (χ2v) is 6.49. The van der Waals surface area contributed by atoms with Gasteiger partial charge in [0, 0.05) is 17.3 Å². The molecule has 4 heteroatoms. The van der Waals surface area contributed by atoms with E-state index in [4.69, 9.17) is 0 Å². The fourth-order valence-electron chi connectivity index (χ4n) is 3.44. The monoisotopic (exact) mass is 346 g/mol. The molecule has 0 aliphatic carbocycles. The Morgan fingerprint density at radius 3 is 2.31 bits per heavy atom. The first kappa shape index (κ1) is 16.3. The van der Waals surface area contributed by atoms with E-state index in [2.05, 4.69) is 24.4 Å². The lowest BCUT2D eigenvalue weighted by Crippen LogP contribution is -2.51. The van der Waals surface area contributed by atoms with Crippen LogP contribution in [0.2, 0.25) is 0 Å². The maximum absolute atomic E-state index is 13.4. The van der Waals surface area contributed by atoms with E-state index < -0.39 is 0 Å². The standard InChI is InChI=1S/C22H19FN2O/c1-15(16-7-3-2-4-8-16)21-24-20-10-6-5-9-19(20)22(26)25(21)18-13-11-17(23)12-14-18/h2-15,21,24H,1H3/t15-,21+/m1/s1. The number of anilines is 2. The largest absolute Gasteiger partial charge is 0.364 e. The minimum absolute atomic E-state index is 0.0403. The molecule has 26 heavy (non-hydrogen) atoms. The molecule has 0 bridgehead atoms. The first-order chi connectivity index (χ1) is 12.6. The average Bonchev–Trinajstić information content (AvgIpc) is 2.69. The van der Waals surface area contributed by atoms with Crippen molar-refractivity contribution in [3.63, 3.8) is 0 Å². The van der Waals surface area contributed by atoms with Crippen LogP contribution in [0.3, 0.4) is 0 Å². The van der Waals surface area contributed by atoms with Crippen LogP contribution in [0.1, 0.15) is 28.8 Å². The lowest BCUT2D eigenvalue weighted by Gasteiger charge is -2.41. The van der Waals surface area contributed by atoms with Crippen molar-refractivity contribution in [1.82, 2.24) is 0 Å². The minimum Gasteiger partial charge on any atom is -0.364 e. The Kier molecular flexibility index (Phi) is 4.17. The molecule has 0 unspecified atom stereocenters. The van der Waals surface area contributed by atoms with Crippen LogP contribution >= 0.6 is 0 Å². The molecule has 0 spiro atoms. The van der Waals surface area contributed by atoms with E-state index in [1.807, 2.05) is 42.5 Å². The Morgan fingerprint density at radius 2 is 1.58 bits per heavy atom. The zero-order valence-corrected chi connectivity index (χ0v) is 14.4. The van der Waals surface area contributed by atoms with E-state index in [9.17, 15) is 9.18 Å². The Morgan fingerprint density at radius 1 is 0.923 bits per heavy atom. The summed E-state index contributed by atoms with van der Waals surface area (Å²) in [4.78, 5) is 15.0. The minimum atomic E-state index is -0.320. The van der Waals surface area contributed by atoms with Gasteiger partial charge < -0.3 is 5.32 Å². The predicted octanol–water partition coefficient (Wildman–Crippen LogP) is 5.03. The van der Waals surface area contributed by atoms with Gasteiger partial charge in [0.05, 0.1) is 5.56 Å². The molecule has 130 valence electrons. The fraction of sp³-hybridized carbons (Fsp3) is 0.136. The maximum atomic E-state index is 13.4. The van der Waals surface area contributed by atoms with E-state index in [0.717, 1.165) is 11.3 Å². The number of carbonyl (C=O) groups excluding carboxylic acids is 1. The average molecular weight is 346 g/mol. The summed E-state index contributed by atoms with van der Waals surface area (Å²) < 4.78 is 13.4. The Bertz CT molecular complexity index is 924. The fourth-order valence-corrected chi connectivity index (χ4v) is 3.44. The van der Waals surface area contributed by atoms with Crippen LogP contribution in [0.4, 0.5) is 15.8 Å². The van der Waals surface area contributed by atoms with Crippen LogP contribution in [0.15, 0.2) is 78.9 Å². The van der Waals surface area contributed by atoms with Crippen molar-refractivity contribution in [2.45, 2.75) is 19.0 Å². The molecular weight excluding hydrogens is 327 g/mol. The molecule has 3 aromatic carbocycles. The summed E-state index contributed by atoms with van der Waals surface area (Å²) in [7, 11) is 0. The van der Waals surface area contributed by atoms with E-state index in [1.54, 1.807) is 17.0 Å². The first-order valence-electron chi connectivity index (χ1n) is 8.65. The number of benzene rings is 3. The van der Waals surface area contributed by atoms with Gasteiger partial charge >= 0.3 is 0 Å². The van der Waals surface area contributed by atoms with Crippen LogP contribution in [0.5, 0.6) is 0 Å². The molecule has 0 aromatic heterocycles. The molecule has 3 nitrogen and oxygen atoms in total. The topological polar surface area (TPSA) is 32.3 Å². The molecule has 0 saturated carbocycles. The van der Waals surface area contributed by atoms with Gasteiger partial charge in [0.15, 0.2) is 0 Å². The van der Waals surface area contributed by atoms with Gasteiger partial charge in [-0.15, -0.1) is 0 Å². The third-order valence-corrected chi connectivity index (χ3v) is 4.86. The van der Waals surface area contributed by atoms with E-state index in [0.29, 0.717) is 11.3 Å². The van der Waals surface area contributed by atoms with E-state index in [1.165, 1.54) is 12.1 Å². The van der Waals surface area contributed by atoms with Crippen molar-refractivity contribution in [1.29, 1.82) is 0 Å². The summed E-state index contributed by atoms with van der Waals surface area (Å²) in [5, 5.41) is 3.50. The highest BCUT2D eigenvalue weighted by atomic mass is 19.1. The van der Waals surface area contributed by atoms with Crippen molar-refractivity contribution in [3.05, 3.63) is 95.8 Å². The summed E-state index contributed by atoms with van der Waals surface area (Å²) in [5.41, 5.74) is 3.24. The van der Waals surface area contributed by atoms with Crippen molar-refractivity contribution < 1.29 is 9.18 Å². The van der Waals surface area contributed by atoms with Crippen LogP contribution in [-0.2, 0) is 0 Å². The molecular formula is C22H19FN2O. The van der Waals surface area contributed by atoms with Gasteiger partial charge in [-0.1, -0.05) is 49.4 Å². The van der Waals surface area contributed by atoms with Crippen LogP contribution in [0, 0.1) is 5.82 Å². The van der Waals surface area contributed by atoms with Gasteiger partial charge in [-0.25, -0.2) is 4.39 Å². The predicted molar refractivity (Wildman–Crippen MR) is 102 cm³/mol. The highest BCUT2D eigenvalue weighted by Gasteiger charge is 2.36. The number of nitrogens with zero attached hydrogens (tertiary/aromatic N) is 1. The van der Waals surface area contributed by atoms with Crippen molar-refractivity contribution in [2.75, 3.05) is 10.2 Å². The molecule has 1 aliphatic heterocycles. The number of para-hydroxylation sites is 1. The molecule has 2 atom stereocenters. The highest BCUT2D eigenvalue weighted by Crippen LogP contribution is 2.35. The summed E-state index contributed by atoms with van der Waals surface area (Å²) in [5.74, 6) is -0.364. The lowest BCUT2D eigenvalue weighted by molar-refractivity contribution is 0.0972. The molecule has 4 rings (SSSR count). The number of hydrogen-bond donors (Lipinski definition) is 1. The lowest BCUT2D eigenvalue weighted by atomic mass is 9.93. The van der Waals surface area contributed by atoms with Gasteiger partial charge in [0.2, 0.25) is 0 Å². The van der Waals surface area contributed by atoms with Gasteiger partial charge in [0.1, 0.15) is 12.0 Å².